The fourth-order valence-electron chi connectivity index (χ4n) is 2.18. The lowest BCUT2D eigenvalue weighted by molar-refractivity contribution is 0.104. The Morgan fingerprint density at radius 1 is 1.19 bits per heavy atom. The van der Waals surface area contributed by atoms with Gasteiger partial charge in [0.2, 0.25) is 5.78 Å². The molecule has 3 rings (SSSR count). The highest BCUT2D eigenvalue weighted by Gasteiger charge is 2.21. The minimum Gasteiger partial charge on any atom is -0.287 e. The Bertz CT molecular complexity index is 652. The molecule has 4 nitrogen and oxygen atoms in total. The molecule has 0 N–H and O–H groups in total. The lowest BCUT2D eigenvalue weighted by Crippen LogP contribution is -2.12. The second kappa shape index (κ2) is 6.04. The van der Waals surface area contributed by atoms with Crippen LogP contribution in [-0.2, 0) is 0 Å². The van der Waals surface area contributed by atoms with Crippen LogP contribution in [0.3, 0.4) is 0 Å². The number of hydrogen-bond acceptors (Lipinski definition) is 3. The first-order valence-electron chi connectivity index (χ1n) is 6.64. The van der Waals surface area contributed by atoms with E-state index in [9.17, 15) is 4.79 Å². The van der Waals surface area contributed by atoms with Gasteiger partial charge >= 0.3 is 0 Å². The third-order valence-electron chi connectivity index (χ3n) is 3.28. The van der Waals surface area contributed by atoms with E-state index < -0.39 is 0 Å². The van der Waals surface area contributed by atoms with Gasteiger partial charge < -0.3 is 0 Å². The van der Waals surface area contributed by atoms with E-state index in [1.54, 1.807) is 0 Å². The number of ketones is 1. The zero-order valence-corrected chi connectivity index (χ0v) is 11.6. The highest BCUT2D eigenvalue weighted by molar-refractivity contribution is 6.25. The van der Waals surface area contributed by atoms with Gasteiger partial charge in [0.05, 0.1) is 0 Å². The molecule has 0 atom stereocenters. The average Bonchev–Trinajstić information content (AvgIpc) is 3.18. The molecule has 21 heavy (non-hydrogen) atoms. The molecule has 1 aromatic carbocycles. The van der Waals surface area contributed by atoms with Gasteiger partial charge in [0, 0.05) is 11.5 Å². The summed E-state index contributed by atoms with van der Waals surface area (Å²) in [4.78, 5) is 16.8. The van der Waals surface area contributed by atoms with Gasteiger partial charge in [0.25, 0.3) is 0 Å². The molecular formula is C17H14N3O. The highest BCUT2D eigenvalue weighted by Crippen LogP contribution is 2.27. The normalized spacial score (nSPS) is 16.3. The van der Waals surface area contributed by atoms with Gasteiger partial charge in [-0.15, -0.1) is 0 Å². The molecular weight excluding hydrogens is 262 g/mol. The van der Waals surface area contributed by atoms with E-state index in [2.05, 4.69) is 10.1 Å². The van der Waals surface area contributed by atoms with Crippen LogP contribution in [0.1, 0.15) is 15.9 Å². The highest BCUT2D eigenvalue weighted by atomic mass is 16.1. The van der Waals surface area contributed by atoms with Gasteiger partial charge in [-0.1, -0.05) is 24.3 Å². The molecule has 0 saturated heterocycles. The third-order valence-corrected chi connectivity index (χ3v) is 3.28. The second-order valence-corrected chi connectivity index (χ2v) is 4.73. The van der Waals surface area contributed by atoms with Gasteiger partial charge in [0.15, 0.2) is 0 Å². The standard InChI is InChI=1S/C17H14N3O/c1-13-6-2-5-9-15(13)17(21)16(20-12-18-11-19-20)10-14-7-3-4-8-14/h2-12H,1H3/b16-10-. The van der Waals surface area contributed by atoms with Crippen molar-refractivity contribution in [1.29, 1.82) is 0 Å². The number of carbonyl (C=O) groups excluding carboxylic acids is 1. The van der Waals surface area contributed by atoms with Crippen molar-refractivity contribution in [3.8, 4) is 0 Å². The SMILES string of the molecule is Cc1ccccc1C(=O)/C(=C/[C]1[CH][CH][CH][CH]1)n1cncn1. The Morgan fingerprint density at radius 3 is 2.62 bits per heavy atom. The number of aryl methyl sites for hydroxylation is 1. The van der Waals surface area contributed by atoms with Crippen LogP contribution < -0.4 is 0 Å². The van der Waals surface area contributed by atoms with E-state index in [1.165, 1.54) is 17.3 Å². The summed E-state index contributed by atoms with van der Waals surface area (Å²) in [5.41, 5.74) is 2.09. The predicted octanol–water partition coefficient (Wildman–Crippen LogP) is 2.72. The summed E-state index contributed by atoms with van der Waals surface area (Å²) in [7, 11) is 0. The fraction of sp³-hybridized carbons (Fsp3) is 0.0588. The summed E-state index contributed by atoms with van der Waals surface area (Å²) in [5, 5.41) is 4.09. The minimum atomic E-state index is -0.0696. The van der Waals surface area contributed by atoms with E-state index in [4.69, 9.17) is 0 Å². The van der Waals surface area contributed by atoms with Crippen LogP contribution in [0.25, 0.3) is 5.70 Å². The fourth-order valence-corrected chi connectivity index (χ4v) is 2.18. The van der Waals surface area contributed by atoms with Crippen molar-refractivity contribution >= 4 is 11.5 Å². The van der Waals surface area contributed by atoms with E-state index in [1.807, 2.05) is 62.9 Å². The number of carbonyl (C=O) groups is 1. The zero-order chi connectivity index (χ0) is 14.7. The predicted molar refractivity (Wildman–Crippen MR) is 80.2 cm³/mol. The van der Waals surface area contributed by atoms with Crippen molar-refractivity contribution < 1.29 is 4.79 Å². The summed E-state index contributed by atoms with van der Waals surface area (Å²) in [6, 6.07) is 7.53. The number of benzene rings is 1. The molecule has 0 amide bonds. The molecule has 103 valence electrons. The van der Waals surface area contributed by atoms with E-state index in [-0.39, 0.29) is 5.78 Å². The quantitative estimate of drug-likeness (QED) is 0.637. The molecule has 2 aromatic rings. The molecule has 1 fully saturated rings. The van der Waals surface area contributed by atoms with Gasteiger partial charge in [-0.05, 0) is 44.2 Å². The van der Waals surface area contributed by atoms with Crippen molar-refractivity contribution in [3.63, 3.8) is 0 Å². The van der Waals surface area contributed by atoms with Gasteiger partial charge in [0.1, 0.15) is 18.4 Å². The first-order chi connectivity index (χ1) is 10.3. The summed E-state index contributed by atoms with van der Waals surface area (Å²) >= 11 is 0. The summed E-state index contributed by atoms with van der Waals surface area (Å²) in [5.74, 6) is 0.891. The Kier molecular flexibility index (Phi) is 3.95. The van der Waals surface area contributed by atoms with Crippen molar-refractivity contribution in [3.05, 3.63) is 85.7 Å². The molecule has 1 aliphatic carbocycles. The number of allylic oxidation sites excluding steroid dienone is 2. The van der Waals surface area contributed by atoms with Crippen LogP contribution in [0.2, 0.25) is 0 Å². The van der Waals surface area contributed by atoms with Crippen LogP contribution in [-0.4, -0.2) is 20.5 Å². The van der Waals surface area contributed by atoms with Crippen LogP contribution >= 0.6 is 0 Å². The topological polar surface area (TPSA) is 47.8 Å². The largest absolute Gasteiger partial charge is 0.287 e. The van der Waals surface area contributed by atoms with Crippen LogP contribution in [0, 0.1) is 38.5 Å². The average molecular weight is 276 g/mol. The minimum absolute atomic E-state index is 0.0696. The first kappa shape index (κ1) is 13.7. The Hall–Kier alpha value is -2.23. The third kappa shape index (κ3) is 2.94. The molecule has 0 aliphatic heterocycles. The zero-order valence-electron chi connectivity index (χ0n) is 11.6. The van der Waals surface area contributed by atoms with Gasteiger partial charge in [-0.2, -0.15) is 5.10 Å². The van der Waals surface area contributed by atoms with Gasteiger partial charge in [-0.25, -0.2) is 9.67 Å². The van der Waals surface area contributed by atoms with E-state index in [0.29, 0.717) is 11.3 Å². The van der Waals surface area contributed by atoms with Crippen LogP contribution in [0.15, 0.2) is 43.0 Å². The van der Waals surface area contributed by atoms with Crippen molar-refractivity contribution in [2.45, 2.75) is 6.92 Å². The molecule has 4 heteroatoms. The molecule has 0 unspecified atom stereocenters. The molecule has 1 aromatic heterocycles. The van der Waals surface area contributed by atoms with Crippen molar-refractivity contribution in [1.82, 2.24) is 14.8 Å². The summed E-state index contributed by atoms with van der Waals surface area (Å²) < 4.78 is 1.50. The first-order valence-corrected chi connectivity index (χ1v) is 6.64. The Morgan fingerprint density at radius 2 is 1.95 bits per heavy atom. The maximum absolute atomic E-state index is 12.8. The molecule has 1 saturated carbocycles. The van der Waals surface area contributed by atoms with Crippen LogP contribution in [0.5, 0.6) is 0 Å². The number of rotatable bonds is 4. The lowest BCUT2D eigenvalue weighted by atomic mass is 9.99. The monoisotopic (exact) mass is 276 g/mol. The maximum atomic E-state index is 12.8. The smallest absolute Gasteiger partial charge is 0.211 e. The molecule has 0 spiro atoms. The number of hydrogen-bond donors (Lipinski definition) is 0. The molecule has 5 radical (unpaired) electrons. The van der Waals surface area contributed by atoms with Crippen molar-refractivity contribution in [2.75, 3.05) is 0 Å². The second-order valence-electron chi connectivity index (χ2n) is 4.73. The number of aromatic nitrogens is 3. The maximum Gasteiger partial charge on any atom is 0.211 e. The van der Waals surface area contributed by atoms with Crippen molar-refractivity contribution in [2.24, 2.45) is 0 Å². The Labute approximate surface area is 124 Å². The summed E-state index contributed by atoms with van der Waals surface area (Å²) in [6.45, 7) is 1.93. The molecule has 1 heterocycles. The number of Topliss-reactive ketones (excluding diaryl/α,β-unsaturated/α-hetero) is 1. The van der Waals surface area contributed by atoms with E-state index >= 15 is 0 Å². The van der Waals surface area contributed by atoms with E-state index in [0.717, 1.165) is 11.5 Å². The Balaban J connectivity index is 1.99. The van der Waals surface area contributed by atoms with Crippen LogP contribution in [0.4, 0.5) is 0 Å². The lowest BCUT2D eigenvalue weighted by Gasteiger charge is -2.10. The number of nitrogens with zero attached hydrogens (tertiary/aromatic N) is 3. The summed E-state index contributed by atoms with van der Waals surface area (Å²) in [6.07, 6.45) is 12.5. The molecule has 0 bridgehead atoms. The molecule has 1 aliphatic rings. The van der Waals surface area contributed by atoms with Gasteiger partial charge in [-0.3, -0.25) is 4.79 Å².